The zero-order valence-corrected chi connectivity index (χ0v) is 12.4. The third-order valence-corrected chi connectivity index (χ3v) is 6.05. The lowest BCUT2D eigenvalue weighted by molar-refractivity contribution is 0.545. The van der Waals surface area contributed by atoms with Gasteiger partial charge in [-0.3, -0.25) is 0 Å². The largest absolute Gasteiger partial charge is 0.146 e. The van der Waals surface area contributed by atoms with E-state index in [0.29, 0.717) is 5.92 Å². The van der Waals surface area contributed by atoms with Gasteiger partial charge in [-0.05, 0) is 57.3 Å². The van der Waals surface area contributed by atoms with Crippen molar-refractivity contribution in [3.05, 3.63) is 56.2 Å². The number of alkyl halides is 1. The van der Waals surface area contributed by atoms with Crippen LogP contribution in [0.1, 0.15) is 21.4 Å². The van der Waals surface area contributed by atoms with Crippen molar-refractivity contribution in [1.82, 2.24) is 0 Å². The van der Waals surface area contributed by atoms with E-state index >= 15 is 0 Å². The number of benzene rings is 1. The smallest absolute Gasteiger partial charge is 0.0724 e. The van der Waals surface area contributed by atoms with Crippen LogP contribution in [-0.2, 0) is 12.8 Å². The van der Waals surface area contributed by atoms with Gasteiger partial charge in [0.2, 0.25) is 0 Å². The van der Waals surface area contributed by atoms with E-state index in [4.69, 9.17) is 11.6 Å². The van der Waals surface area contributed by atoms with E-state index in [1.807, 2.05) is 0 Å². The van der Waals surface area contributed by atoms with E-state index in [2.05, 4.69) is 51.6 Å². The summed E-state index contributed by atoms with van der Waals surface area (Å²) in [6.07, 6.45) is 2.21. The molecule has 1 aromatic heterocycles. The number of rotatable bonds is 2. The van der Waals surface area contributed by atoms with Crippen molar-refractivity contribution in [2.24, 2.45) is 5.92 Å². The first-order chi connectivity index (χ1) is 8.25. The molecule has 0 aliphatic heterocycles. The van der Waals surface area contributed by atoms with Crippen molar-refractivity contribution in [1.29, 1.82) is 0 Å². The van der Waals surface area contributed by atoms with Gasteiger partial charge in [-0.1, -0.05) is 24.3 Å². The minimum atomic E-state index is 0.122. The molecule has 0 N–H and O–H groups in total. The van der Waals surface area contributed by atoms with Gasteiger partial charge in [-0.2, -0.15) is 0 Å². The summed E-state index contributed by atoms with van der Waals surface area (Å²) >= 11 is 11.9. The lowest BCUT2D eigenvalue weighted by atomic mass is 10.0. The van der Waals surface area contributed by atoms with Crippen LogP contribution in [0.5, 0.6) is 0 Å². The van der Waals surface area contributed by atoms with Crippen LogP contribution in [0, 0.1) is 5.92 Å². The quantitative estimate of drug-likeness (QED) is 0.665. The van der Waals surface area contributed by atoms with Gasteiger partial charge < -0.3 is 0 Å². The molecule has 0 radical (unpaired) electrons. The van der Waals surface area contributed by atoms with E-state index in [-0.39, 0.29) is 5.38 Å². The molecule has 1 aromatic carbocycles. The summed E-state index contributed by atoms with van der Waals surface area (Å²) in [7, 11) is 0. The standard InChI is InChI=1S/C14H12BrClS/c15-12-5-6-17-14(12)13(16)11-7-9-3-1-2-4-10(9)8-11/h1-6,11,13H,7-8H2. The van der Waals surface area contributed by atoms with Crippen molar-refractivity contribution in [3.63, 3.8) is 0 Å². The predicted octanol–water partition coefficient (Wildman–Crippen LogP) is 5.21. The average molecular weight is 328 g/mol. The molecule has 88 valence electrons. The molecule has 0 saturated heterocycles. The maximum Gasteiger partial charge on any atom is 0.0724 e. The number of hydrogen-bond acceptors (Lipinski definition) is 1. The lowest BCUT2D eigenvalue weighted by Crippen LogP contribution is -2.07. The van der Waals surface area contributed by atoms with Crippen molar-refractivity contribution in [2.75, 3.05) is 0 Å². The molecule has 1 aliphatic rings. The summed E-state index contributed by atoms with van der Waals surface area (Å²) in [5.41, 5.74) is 2.94. The second kappa shape index (κ2) is 4.75. The third kappa shape index (κ3) is 2.18. The highest BCUT2D eigenvalue weighted by molar-refractivity contribution is 9.10. The van der Waals surface area contributed by atoms with Gasteiger partial charge in [0.25, 0.3) is 0 Å². The SMILES string of the molecule is ClC(c1sccc1Br)C1Cc2ccccc2C1. The average Bonchev–Trinajstić information content (AvgIpc) is 2.93. The number of hydrogen-bond donors (Lipinski definition) is 0. The van der Waals surface area contributed by atoms with E-state index in [9.17, 15) is 0 Å². The monoisotopic (exact) mass is 326 g/mol. The highest BCUT2D eigenvalue weighted by Gasteiger charge is 2.29. The van der Waals surface area contributed by atoms with Gasteiger partial charge in [0, 0.05) is 9.35 Å². The fraction of sp³-hybridized carbons (Fsp3) is 0.286. The Balaban J connectivity index is 1.83. The normalized spacial score (nSPS) is 17.1. The second-order valence-corrected chi connectivity index (χ2v) is 6.74. The molecule has 3 heteroatoms. The second-order valence-electron chi connectivity index (χ2n) is 4.47. The summed E-state index contributed by atoms with van der Waals surface area (Å²) in [6.45, 7) is 0. The van der Waals surface area contributed by atoms with Gasteiger partial charge in [0.1, 0.15) is 0 Å². The zero-order valence-electron chi connectivity index (χ0n) is 9.20. The van der Waals surface area contributed by atoms with Gasteiger partial charge in [0.05, 0.1) is 5.38 Å². The molecule has 0 amide bonds. The van der Waals surface area contributed by atoms with Crippen LogP contribution in [-0.4, -0.2) is 0 Å². The minimum Gasteiger partial charge on any atom is -0.146 e. The highest BCUT2D eigenvalue weighted by atomic mass is 79.9. The maximum atomic E-state index is 6.63. The molecule has 1 aliphatic carbocycles. The molecule has 1 atom stereocenters. The summed E-state index contributed by atoms with van der Waals surface area (Å²) < 4.78 is 1.15. The molecule has 0 bridgehead atoms. The first kappa shape index (κ1) is 11.8. The zero-order chi connectivity index (χ0) is 11.8. The highest BCUT2D eigenvalue weighted by Crippen LogP contribution is 2.43. The summed E-state index contributed by atoms with van der Waals surface area (Å²) in [5, 5.41) is 2.22. The van der Waals surface area contributed by atoms with Crippen molar-refractivity contribution >= 4 is 38.9 Å². The topological polar surface area (TPSA) is 0 Å². The van der Waals surface area contributed by atoms with E-state index < -0.39 is 0 Å². The van der Waals surface area contributed by atoms with Crippen LogP contribution in [0.3, 0.4) is 0 Å². The van der Waals surface area contributed by atoms with Gasteiger partial charge in [-0.25, -0.2) is 0 Å². The Labute approximate surface area is 119 Å². The van der Waals surface area contributed by atoms with Crippen LogP contribution < -0.4 is 0 Å². The van der Waals surface area contributed by atoms with Crippen LogP contribution in [0.25, 0.3) is 0 Å². The first-order valence-electron chi connectivity index (χ1n) is 5.69. The Hall–Kier alpha value is -0.310. The Kier molecular flexibility index (Phi) is 3.29. The molecule has 2 aromatic rings. The Morgan fingerprint density at radius 2 is 1.82 bits per heavy atom. The van der Waals surface area contributed by atoms with Gasteiger partial charge >= 0.3 is 0 Å². The molecule has 0 saturated carbocycles. The molecular formula is C14H12BrClS. The fourth-order valence-corrected chi connectivity index (χ4v) is 4.79. The molecule has 17 heavy (non-hydrogen) atoms. The lowest BCUT2D eigenvalue weighted by Gasteiger charge is -2.15. The predicted molar refractivity (Wildman–Crippen MR) is 78.0 cm³/mol. The number of thiophene rings is 1. The Morgan fingerprint density at radius 1 is 1.18 bits per heavy atom. The van der Waals surface area contributed by atoms with Crippen LogP contribution in [0.15, 0.2) is 40.2 Å². The Morgan fingerprint density at radius 3 is 2.35 bits per heavy atom. The fourth-order valence-electron chi connectivity index (χ4n) is 2.52. The van der Waals surface area contributed by atoms with Crippen molar-refractivity contribution < 1.29 is 0 Å². The molecule has 3 rings (SSSR count). The van der Waals surface area contributed by atoms with E-state index in [1.54, 1.807) is 11.3 Å². The van der Waals surface area contributed by atoms with E-state index in [1.165, 1.54) is 16.0 Å². The summed E-state index contributed by atoms with van der Waals surface area (Å²) in [5.74, 6) is 0.531. The molecular weight excluding hydrogens is 316 g/mol. The Bertz CT molecular complexity index is 510. The van der Waals surface area contributed by atoms with Crippen LogP contribution in [0.2, 0.25) is 0 Å². The van der Waals surface area contributed by atoms with Crippen LogP contribution in [0.4, 0.5) is 0 Å². The molecule has 1 heterocycles. The third-order valence-electron chi connectivity index (χ3n) is 3.39. The molecule has 0 spiro atoms. The first-order valence-corrected chi connectivity index (χ1v) is 7.80. The van der Waals surface area contributed by atoms with Crippen molar-refractivity contribution in [2.45, 2.75) is 18.2 Å². The molecule has 0 nitrogen and oxygen atoms in total. The molecule has 0 fully saturated rings. The van der Waals surface area contributed by atoms with Crippen molar-refractivity contribution in [3.8, 4) is 0 Å². The van der Waals surface area contributed by atoms with Gasteiger partial charge in [0.15, 0.2) is 0 Å². The summed E-state index contributed by atoms with van der Waals surface area (Å²) in [6, 6.07) is 10.8. The number of halogens is 2. The molecule has 1 unspecified atom stereocenters. The summed E-state index contributed by atoms with van der Waals surface area (Å²) in [4.78, 5) is 1.27. The van der Waals surface area contributed by atoms with Crippen LogP contribution >= 0.6 is 38.9 Å². The minimum absolute atomic E-state index is 0.122. The van der Waals surface area contributed by atoms with Gasteiger partial charge in [-0.15, -0.1) is 22.9 Å². The van der Waals surface area contributed by atoms with E-state index in [0.717, 1.165) is 17.3 Å². The maximum absolute atomic E-state index is 6.63. The number of fused-ring (bicyclic) bond motifs is 1.